The van der Waals surface area contributed by atoms with Gasteiger partial charge in [0.25, 0.3) is 5.91 Å². The second-order valence-corrected chi connectivity index (χ2v) is 9.02. The van der Waals surface area contributed by atoms with Gasteiger partial charge in [-0.15, -0.1) is 0 Å². The summed E-state index contributed by atoms with van der Waals surface area (Å²) in [6, 6.07) is 14.5. The van der Waals surface area contributed by atoms with E-state index in [4.69, 9.17) is 4.42 Å². The van der Waals surface area contributed by atoms with Gasteiger partial charge in [0.05, 0.1) is 10.9 Å². The quantitative estimate of drug-likeness (QED) is 0.566. The summed E-state index contributed by atoms with van der Waals surface area (Å²) in [4.78, 5) is 40.9. The number of hydrogen-bond acceptors (Lipinski definition) is 4. The van der Waals surface area contributed by atoms with Crippen molar-refractivity contribution in [2.24, 2.45) is 5.92 Å². The third-order valence-corrected chi connectivity index (χ3v) is 6.90. The van der Waals surface area contributed by atoms with Gasteiger partial charge in [-0.2, -0.15) is 0 Å². The van der Waals surface area contributed by atoms with Crippen LogP contribution >= 0.6 is 0 Å². The maximum atomic E-state index is 13.2. The number of benzene rings is 2. The van der Waals surface area contributed by atoms with E-state index >= 15 is 0 Å². The lowest BCUT2D eigenvalue weighted by molar-refractivity contribution is -0.136. The van der Waals surface area contributed by atoms with E-state index in [1.165, 1.54) is 0 Å². The molecule has 3 aromatic rings. The molecule has 1 aliphatic rings. The van der Waals surface area contributed by atoms with E-state index in [0.29, 0.717) is 53.8 Å². The summed E-state index contributed by atoms with van der Waals surface area (Å²) in [7, 11) is 0. The average Bonchev–Trinajstić information content (AvgIpc) is 2.87. The van der Waals surface area contributed by atoms with Gasteiger partial charge >= 0.3 is 0 Å². The Balaban J connectivity index is 1.55. The van der Waals surface area contributed by atoms with Crippen LogP contribution < -0.4 is 10.7 Å². The standard InChI is InChI=1S/C28H32N2O4/c1-4-19(5-2)28(33)30-16-14-21(15-17-30)29-27(32)23-13-9-12-22-24(31)18(3)25(34-26(22)23)20-10-7-6-8-11-20/h6-13,19,21H,4-5,14-17H2,1-3H3,(H,29,32). The van der Waals surface area contributed by atoms with Crippen molar-refractivity contribution in [3.8, 4) is 11.3 Å². The molecule has 2 amide bonds. The fraction of sp³-hybridized carbons (Fsp3) is 0.393. The van der Waals surface area contributed by atoms with Crippen molar-refractivity contribution >= 4 is 22.8 Å². The zero-order chi connectivity index (χ0) is 24.2. The molecule has 4 rings (SSSR count). The SMILES string of the molecule is CCC(CC)C(=O)N1CCC(NC(=O)c2cccc3c(=O)c(C)c(-c4ccccc4)oc23)CC1. The number of nitrogens with one attached hydrogen (secondary N) is 1. The Morgan fingerprint density at radius 3 is 2.35 bits per heavy atom. The van der Waals surface area contributed by atoms with Crippen molar-refractivity contribution in [2.75, 3.05) is 13.1 Å². The lowest BCUT2D eigenvalue weighted by Crippen LogP contribution is -2.48. The third-order valence-electron chi connectivity index (χ3n) is 6.90. The highest BCUT2D eigenvalue weighted by atomic mass is 16.3. The number of likely N-dealkylation sites (tertiary alicyclic amines) is 1. The molecule has 34 heavy (non-hydrogen) atoms. The molecule has 1 aliphatic heterocycles. The van der Waals surface area contributed by atoms with E-state index in [-0.39, 0.29) is 29.2 Å². The largest absolute Gasteiger partial charge is 0.455 e. The van der Waals surface area contributed by atoms with Crippen LogP contribution in [0.3, 0.4) is 0 Å². The fourth-order valence-corrected chi connectivity index (χ4v) is 4.76. The topological polar surface area (TPSA) is 79.6 Å². The van der Waals surface area contributed by atoms with Crippen LogP contribution in [0.15, 0.2) is 57.7 Å². The predicted octanol–water partition coefficient (Wildman–Crippen LogP) is 4.93. The lowest BCUT2D eigenvalue weighted by atomic mass is 9.98. The van der Waals surface area contributed by atoms with Crippen molar-refractivity contribution in [1.82, 2.24) is 10.2 Å². The minimum atomic E-state index is -0.263. The Morgan fingerprint density at radius 2 is 1.71 bits per heavy atom. The average molecular weight is 461 g/mol. The predicted molar refractivity (Wildman–Crippen MR) is 134 cm³/mol. The summed E-state index contributed by atoms with van der Waals surface area (Å²) in [5.41, 5.74) is 1.83. The van der Waals surface area contributed by atoms with E-state index in [1.807, 2.05) is 49.1 Å². The Bertz CT molecular complexity index is 1240. The number of para-hydroxylation sites is 1. The third kappa shape index (κ3) is 4.63. The number of carbonyl (C=O) groups excluding carboxylic acids is 2. The van der Waals surface area contributed by atoms with Gasteiger partial charge in [0.1, 0.15) is 5.76 Å². The Kier molecular flexibility index (Phi) is 7.15. The van der Waals surface area contributed by atoms with Crippen LogP contribution in [0.5, 0.6) is 0 Å². The van der Waals surface area contributed by atoms with E-state index in [1.54, 1.807) is 25.1 Å². The summed E-state index contributed by atoms with van der Waals surface area (Å²) < 4.78 is 6.19. The second kappa shape index (κ2) is 10.2. The first-order valence-electron chi connectivity index (χ1n) is 12.2. The number of piperidine rings is 1. The van der Waals surface area contributed by atoms with Crippen LogP contribution in [0, 0.1) is 12.8 Å². The van der Waals surface area contributed by atoms with Gasteiger partial charge in [-0.25, -0.2) is 0 Å². The van der Waals surface area contributed by atoms with Gasteiger partial charge in [-0.3, -0.25) is 14.4 Å². The Hall–Kier alpha value is -3.41. The molecule has 6 heteroatoms. The summed E-state index contributed by atoms with van der Waals surface area (Å²) in [5, 5.41) is 3.50. The Morgan fingerprint density at radius 1 is 1.03 bits per heavy atom. The van der Waals surface area contributed by atoms with Crippen LogP contribution in [0.4, 0.5) is 0 Å². The first kappa shape index (κ1) is 23.7. The van der Waals surface area contributed by atoms with Crippen molar-refractivity contribution < 1.29 is 14.0 Å². The molecule has 1 aromatic heterocycles. The van der Waals surface area contributed by atoms with Crippen molar-refractivity contribution in [1.29, 1.82) is 0 Å². The minimum Gasteiger partial charge on any atom is -0.455 e. The molecular weight excluding hydrogens is 428 g/mol. The highest BCUT2D eigenvalue weighted by Crippen LogP contribution is 2.27. The molecule has 2 heterocycles. The number of carbonyl (C=O) groups is 2. The maximum absolute atomic E-state index is 13.2. The minimum absolute atomic E-state index is 0.0285. The molecule has 0 saturated carbocycles. The lowest BCUT2D eigenvalue weighted by Gasteiger charge is -2.34. The number of nitrogens with zero attached hydrogens (tertiary/aromatic N) is 1. The van der Waals surface area contributed by atoms with Gasteiger partial charge in [0, 0.05) is 36.2 Å². The number of hydrogen-bond donors (Lipinski definition) is 1. The molecule has 0 unspecified atom stereocenters. The van der Waals surface area contributed by atoms with E-state index in [0.717, 1.165) is 18.4 Å². The van der Waals surface area contributed by atoms with Gasteiger partial charge in [0.15, 0.2) is 11.0 Å². The molecular formula is C28H32N2O4. The van der Waals surface area contributed by atoms with Gasteiger partial charge in [-0.1, -0.05) is 50.2 Å². The number of rotatable bonds is 6. The Labute approximate surface area is 200 Å². The molecule has 0 atom stereocenters. The normalized spacial score (nSPS) is 14.5. The summed E-state index contributed by atoms with van der Waals surface area (Å²) in [5.74, 6) is 0.509. The van der Waals surface area contributed by atoms with Crippen LogP contribution in [0.2, 0.25) is 0 Å². The molecule has 0 spiro atoms. The summed E-state index contributed by atoms with van der Waals surface area (Å²) >= 11 is 0. The van der Waals surface area contributed by atoms with Crippen LogP contribution in [0.25, 0.3) is 22.3 Å². The summed E-state index contributed by atoms with van der Waals surface area (Å²) in [6.07, 6.45) is 3.12. The highest BCUT2D eigenvalue weighted by molar-refractivity contribution is 6.05. The molecule has 178 valence electrons. The van der Waals surface area contributed by atoms with Crippen molar-refractivity contribution in [3.63, 3.8) is 0 Å². The summed E-state index contributed by atoms with van der Waals surface area (Å²) in [6.45, 7) is 7.13. The molecule has 1 saturated heterocycles. The van der Waals surface area contributed by atoms with Crippen molar-refractivity contribution in [2.45, 2.75) is 52.5 Å². The van der Waals surface area contributed by atoms with Crippen molar-refractivity contribution in [3.05, 3.63) is 69.9 Å². The smallest absolute Gasteiger partial charge is 0.255 e. The molecule has 0 bridgehead atoms. The fourth-order valence-electron chi connectivity index (χ4n) is 4.76. The molecule has 0 radical (unpaired) electrons. The zero-order valence-corrected chi connectivity index (χ0v) is 20.1. The van der Waals surface area contributed by atoms with Crippen LogP contribution in [-0.4, -0.2) is 35.8 Å². The van der Waals surface area contributed by atoms with Gasteiger partial charge in [-0.05, 0) is 44.7 Å². The number of amides is 2. The highest BCUT2D eigenvalue weighted by Gasteiger charge is 2.28. The monoisotopic (exact) mass is 460 g/mol. The maximum Gasteiger partial charge on any atom is 0.255 e. The second-order valence-electron chi connectivity index (χ2n) is 9.02. The molecule has 0 aliphatic carbocycles. The van der Waals surface area contributed by atoms with E-state index < -0.39 is 0 Å². The van der Waals surface area contributed by atoms with Crippen LogP contribution in [0.1, 0.15) is 55.5 Å². The molecule has 1 N–H and O–H groups in total. The van der Waals surface area contributed by atoms with E-state index in [2.05, 4.69) is 5.32 Å². The first-order chi connectivity index (χ1) is 16.4. The zero-order valence-electron chi connectivity index (χ0n) is 20.1. The molecule has 2 aromatic carbocycles. The van der Waals surface area contributed by atoms with E-state index in [9.17, 15) is 14.4 Å². The molecule has 1 fully saturated rings. The first-order valence-corrected chi connectivity index (χ1v) is 12.2. The van der Waals surface area contributed by atoms with Gasteiger partial charge in [0.2, 0.25) is 5.91 Å². The van der Waals surface area contributed by atoms with Crippen LogP contribution in [-0.2, 0) is 4.79 Å². The van der Waals surface area contributed by atoms with Gasteiger partial charge < -0.3 is 14.6 Å². The molecule has 6 nitrogen and oxygen atoms in total. The number of fused-ring (bicyclic) bond motifs is 1.